The molecule has 1 nitrogen and oxygen atoms in total. The van der Waals surface area contributed by atoms with Gasteiger partial charge >= 0.3 is 0 Å². The highest BCUT2D eigenvalue weighted by Crippen LogP contribution is 2.37. The van der Waals surface area contributed by atoms with E-state index in [-0.39, 0.29) is 0 Å². The van der Waals surface area contributed by atoms with Gasteiger partial charge in [-0.05, 0) is 25.7 Å². The van der Waals surface area contributed by atoms with Gasteiger partial charge in [-0.2, -0.15) is 5.26 Å². The predicted octanol–water partition coefficient (Wildman–Crippen LogP) is 3.12. The molecule has 1 fully saturated rings. The average molecular weight is 171 g/mol. The molecular weight excluding hydrogens is 158 g/mol. The average Bonchev–Trinajstić information content (AvgIpc) is 2.19. The van der Waals surface area contributed by atoms with Crippen LogP contribution in [0.5, 0.6) is 0 Å². The maximum absolute atomic E-state index is 8.64. The second-order valence-electron chi connectivity index (χ2n) is 3.66. The molecule has 66 valence electrons. The van der Waals surface area contributed by atoms with Crippen LogP contribution in [-0.2, 0) is 0 Å². The molecule has 1 heteroatoms. The van der Waals surface area contributed by atoms with Gasteiger partial charge in [0.25, 0.3) is 0 Å². The molecule has 2 rings (SSSR count). The van der Waals surface area contributed by atoms with Gasteiger partial charge in [0.15, 0.2) is 0 Å². The number of hydrogen-bond acceptors (Lipinski definition) is 1. The third-order valence-corrected chi connectivity index (χ3v) is 2.89. The Kier molecular flexibility index (Phi) is 2.31. The molecule has 0 N–H and O–H groups in total. The lowest BCUT2D eigenvalue weighted by Gasteiger charge is -2.28. The largest absolute Gasteiger partial charge is 0.193 e. The molecule has 2 aliphatic rings. The van der Waals surface area contributed by atoms with Crippen LogP contribution >= 0.6 is 0 Å². The van der Waals surface area contributed by atoms with Gasteiger partial charge in [-0.15, -0.1) is 0 Å². The Morgan fingerprint density at radius 3 is 3.23 bits per heavy atom. The van der Waals surface area contributed by atoms with E-state index in [2.05, 4.69) is 24.3 Å². The van der Waals surface area contributed by atoms with Gasteiger partial charge in [-0.1, -0.05) is 29.4 Å². The summed E-state index contributed by atoms with van der Waals surface area (Å²) in [6, 6.07) is 2.16. The summed E-state index contributed by atoms with van der Waals surface area (Å²) >= 11 is 0. The van der Waals surface area contributed by atoms with Crippen LogP contribution in [0.15, 0.2) is 35.5 Å². The third kappa shape index (κ3) is 1.58. The lowest BCUT2D eigenvalue weighted by Crippen LogP contribution is -2.14. The molecule has 0 aromatic heterocycles. The van der Waals surface area contributed by atoms with Crippen LogP contribution in [0, 0.1) is 17.2 Å². The molecule has 0 heterocycles. The fourth-order valence-corrected chi connectivity index (χ4v) is 2.25. The maximum Gasteiger partial charge on any atom is 0.0911 e. The Balaban J connectivity index is 2.26. The topological polar surface area (TPSA) is 23.8 Å². The normalized spacial score (nSPS) is 29.3. The van der Waals surface area contributed by atoms with Crippen molar-refractivity contribution in [2.75, 3.05) is 0 Å². The van der Waals surface area contributed by atoms with Crippen LogP contribution in [-0.4, -0.2) is 0 Å². The summed E-state index contributed by atoms with van der Waals surface area (Å²) in [5.41, 5.74) is 2.86. The fraction of sp³-hybridized carbons (Fsp3) is 0.417. The SMILES string of the molecule is N#CC=C1CCCC2=CC=CCC12. The quantitative estimate of drug-likeness (QED) is 0.514. The predicted molar refractivity (Wildman–Crippen MR) is 52.9 cm³/mol. The third-order valence-electron chi connectivity index (χ3n) is 2.89. The molecule has 0 bridgehead atoms. The van der Waals surface area contributed by atoms with Crippen LogP contribution in [0.2, 0.25) is 0 Å². The minimum Gasteiger partial charge on any atom is -0.193 e. The molecule has 0 aliphatic heterocycles. The van der Waals surface area contributed by atoms with E-state index in [4.69, 9.17) is 5.26 Å². The molecule has 13 heavy (non-hydrogen) atoms. The Hall–Kier alpha value is -1.29. The summed E-state index contributed by atoms with van der Waals surface area (Å²) < 4.78 is 0. The number of nitriles is 1. The highest BCUT2D eigenvalue weighted by molar-refractivity contribution is 5.33. The van der Waals surface area contributed by atoms with Gasteiger partial charge in [-0.25, -0.2) is 0 Å². The van der Waals surface area contributed by atoms with E-state index < -0.39 is 0 Å². The first kappa shape index (κ1) is 8.31. The summed E-state index contributed by atoms with van der Waals surface area (Å²) in [5, 5.41) is 8.64. The van der Waals surface area contributed by atoms with Crippen molar-refractivity contribution < 1.29 is 0 Å². The number of hydrogen-bond donors (Lipinski definition) is 0. The van der Waals surface area contributed by atoms with Crippen molar-refractivity contribution in [2.45, 2.75) is 25.7 Å². The molecule has 0 aromatic rings. The van der Waals surface area contributed by atoms with E-state index in [9.17, 15) is 0 Å². The fourth-order valence-electron chi connectivity index (χ4n) is 2.25. The maximum atomic E-state index is 8.64. The second kappa shape index (κ2) is 3.62. The van der Waals surface area contributed by atoms with E-state index in [1.807, 2.05) is 0 Å². The summed E-state index contributed by atoms with van der Waals surface area (Å²) in [6.07, 6.45) is 12.9. The second-order valence-corrected chi connectivity index (χ2v) is 3.66. The molecule has 1 unspecified atom stereocenters. The van der Waals surface area contributed by atoms with E-state index in [0.29, 0.717) is 5.92 Å². The smallest absolute Gasteiger partial charge is 0.0911 e. The molecule has 2 aliphatic carbocycles. The van der Waals surface area contributed by atoms with E-state index in [1.54, 1.807) is 6.08 Å². The van der Waals surface area contributed by atoms with E-state index in [0.717, 1.165) is 12.8 Å². The zero-order valence-electron chi connectivity index (χ0n) is 7.66. The van der Waals surface area contributed by atoms with Gasteiger partial charge in [0.05, 0.1) is 6.07 Å². The molecule has 0 saturated heterocycles. The first-order valence-electron chi connectivity index (χ1n) is 4.86. The highest BCUT2D eigenvalue weighted by atomic mass is 14.3. The molecule has 1 saturated carbocycles. The van der Waals surface area contributed by atoms with Crippen LogP contribution in [0.1, 0.15) is 25.7 Å². The van der Waals surface area contributed by atoms with Crippen molar-refractivity contribution in [1.82, 2.24) is 0 Å². The lowest BCUT2D eigenvalue weighted by atomic mass is 9.76. The van der Waals surface area contributed by atoms with Crippen molar-refractivity contribution in [3.8, 4) is 6.07 Å². The standard InChI is InChI=1S/C12H13N/c13-9-8-11-6-3-5-10-4-1-2-7-12(10)11/h1-2,4,8,12H,3,5-7H2. The van der Waals surface area contributed by atoms with Crippen LogP contribution in [0.25, 0.3) is 0 Å². The Labute approximate surface area is 79.1 Å². The summed E-state index contributed by atoms with van der Waals surface area (Å²) in [7, 11) is 0. The first-order valence-corrected chi connectivity index (χ1v) is 4.86. The van der Waals surface area contributed by atoms with Crippen LogP contribution in [0.3, 0.4) is 0 Å². The number of nitrogens with zero attached hydrogens (tertiary/aromatic N) is 1. The van der Waals surface area contributed by atoms with Gasteiger partial charge in [0, 0.05) is 12.0 Å². The van der Waals surface area contributed by atoms with Crippen molar-refractivity contribution in [2.24, 2.45) is 5.92 Å². The van der Waals surface area contributed by atoms with Crippen molar-refractivity contribution in [1.29, 1.82) is 5.26 Å². The summed E-state index contributed by atoms with van der Waals surface area (Å²) in [5.74, 6) is 0.554. The zero-order valence-corrected chi connectivity index (χ0v) is 7.66. The van der Waals surface area contributed by atoms with E-state index >= 15 is 0 Å². The molecule has 1 atom stereocenters. The molecule has 0 amide bonds. The van der Waals surface area contributed by atoms with Crippen LogP contribution in [0.4, 0.5) is 0 Å². The van der Waals surface area contributed by atoms with Crippen molar-refractivity contribution in [3.63, 3.8) is 0 Å². The minimum atomic E-state index is 0.554. The first-order chi connectivity index (χ1) is 6.42. The lowest BCUT2D eigenvalue weighted by molar-refractivity contribution is 0.567. The monoisotopic (exact) mass is 171 g/mol. The van der Waals surface area contributed by atoms with Crippen molar-refractivity contribution >= 4 is 0 Å². The number of fused-ring (bicyclic) bond motifs is 1. The Morgan fingerprint density at radius 1 is 1.46 bits per heavy atom. The molecular formula is C12H13N. The highest BCUT2D eigenvalue weighted by Gasteiger charge is 2.23. The van der Waals surface area contributed by atoms with Gasteiger partial charge in [-0.3, -0.25) is 0 Å². The Bertz CT molecular complexity index is 326. The van der Waals surface area contributed by atoms with E-state index in [1.165, 1.54) is 24.0 Å². The van der Waals surface area contributed by atoms with Crippen molar-refractivity contribution in [3.05, 3.63) is 35.5 Å². The van der Waals surface area contributed by atoms with Gasteiger partial charge in [0.2, 0.25) is 0 Å². The Morgan fingerprint density at radius 2 is 2.38 bits per heavy atom. The van der Waals surface area contributed by atoms with Gasteiger partial charge < -0.3 is 0 Å². The minimum absolute atomic E-state index is 0.554. The van der Waals surface area contributed by atoms with Crippen LogP contribution < -0.4 is 0 Å². The number of allylic oxidation sites excluding steroid dienone is 6. The molecule has 0 radical (unpaired) electrons. The summed E-state index contributed by atoms with van der Waals surface area (Å²) in [6.45, 7) is 0. The molecule has 0 spiro atoms. The van der Waals surface area contributed by atoms with Gasteiger partial charge in [0.1, 0.15) is 0 Å². The molecule has 0 aromatic carbocycles. The zero-order chi connectivity index (χ0) is 9.10. The number of rotatable bonds is 0. The summed E-state index contributed by atoms with van der Waals surface area (Å²) in [4.78, 5) is 0.